The van der Waals surface area contributed by atoms with Crippen LogP contribution >= 0.6 is 35.6 Å². The molecule has 5 nitrogen and oxygen atoms in total. The molecule has 0 saturated carbocycles. The summed E-state index contributed by atoms with van der Waals surface area (Å²) in [7, 11) is 4.03. The van der Waals surface area contributed by atoms with Gasteiger partial charge in [-0.15, -0.1) is 24.0 Å². The standard InChI is InChI=1S/C17H31ClN4O.HI/c1-5-7-14(8-9-23)11-20-17(19-6-2)22(4)13-16-10-15(18)12-21(16)3;/h10,12,14,23H,5-9,11,13H2,1-4H3,(H,19,20);1H. The number of aryl methyl sites for hydroxylation is 1. The molecule has 1 aromatic heterocycles. The molecule has 140 valence electrons. The van der Waals surface area contributed by atoms with Gasteiger partial charge >= 0.3 is 0 Å². The Bertz CT molecular complexity index is 487. The number of nitrogens with one attached hydrogen (secondary N) is 1. The zero-order chi connectivity index (χ0) is 17.2. The predicted octanol–water partition coefficient (Wildman–Crippen LogP) is 3.49. The molecule has 0 fully saturated rings. The monoisotopic (exact) mass is 470 g/mol. The third-order valence-electron chi connectivity index (χ3n) is 3.90. The van der Waals surface area contributed by atoms with Crippen molar-refractivity contribution in [2.75, 3.05) is 26.7 Å². The van der Waals surface area contributed by atoms with Crippen molar-refractivity contribution in [1.29, 1.82) is 0 Å². The highest BCUT2D eigenvalue weighted by Crippen LogP contribution is 2.15. The molecular formula is C17H32ClIN4O. The number of aliphatic imine (C=N–C) groups is 1. The van der Waals surface area contributed by atoms with Crippen molar-refractivity contribution < 1.29 is 5.11 Å². The summed E-state index contributed by atoms with van der Waals surface area (Å²) >= 11 is 6.05. The summed E-state index contributed by atoms with van der Waals surface area (Å²) in [6.45, 7) is 6.79. The van der Waals surface area contributed by atoms with Crippen LogP contribution in [0.1, 0.15) is 38.8 Å². The Morgan fingerprint density at radius 3 is 2.62 bits per heavy atom. The van der Waals surface area contributed by atoms with Crippen LogP contribution in [0.25, 0.3) is 0 Å². The van der Waals surface area contributed by atoms with E-state index < -0.39 is 0 Å². The third-order valence-corrected chi connectivity index (χ3v) is 4.11. The minimum absolute atomic E-state index is 0. The first-order valence-corrected chi connectivity index (χ1v) is 8.80. The van der Waals surface area contributed by atoms with Gasteiger partial charge in [-0.05, 0) is 31.7 Å². The van der Waals surface area contributed by atoms with Gasteiger partial charge in [0.15, 0.2) is 5.96 Å². The fourth-order valence-electron chi connectivity index (χ4n) is 2.64. The zero-order valence-corrected chi connectivity index (χ0v) is 18.3. The molecule has 1 heterocycles. The Kier molecular flexibility index (Phi) is 12.6. The number of aliphatic hydroxyl groups is 1. The molecule has 1 unspecified atom stereocenters. The average molecular weight is 471 g/mol. The van der Waals surface area contributed by atoms with E-state index in [2.05, 4.69) is 24.1 Å². The minimum atomic E-state index is 0. The van der Waals surface area contributed by atoms with Crippen LogP contribution in [-0.4, -0.2) is 47.3 Å². The molecule has 24 heavy (non-hydrogen) atoms. The van der Waals surface area contributed by atoms with Gasteiger partial charge < -0.3 is 19.9 Å². The Morgan fingerprint density at radius 1 is 1.42 bits per heavy atom. The highest BCUT2D eigenvalue weighted by atomic mass is 127. The van der Waals surface area contributed by atoms with E-state index in [0.29, 0.717) is 5.92 Å². The second-order valence-electron chi connectivity index (χ2n) is 5.98. The molecule has 0 bridgehead atoms. The highest BCUT2D eigenvalue weighted by molar-refractivity contribution is 14.0. The van der Waals surface area contributed by atoms with E-state index in [1.54, 1.807) is 0 Å². The van der Waals surface area contributed by atoms with Crippen molar-refractivity contribution in [2.45, 2.75) is 39.7 Å². The normalized spacial score (nSPS) is 12.7. The summed E-state index contributed by atoms with van der Waals surface area (Å²) in [6, 6.07) is 1.98. The van der Waals surface area contributed by atoms with E-state index in [9.17, 15) is 5.11 Å². The highest BCUT2D eigenvalue weighted by Gasteiger charge is 2.12. The molecule has 7 heteroatoms. The molecule has 1 atom stereocenters. The molecule has 0 aliphatic rings. The molecule has 1 rings (SSSR count). The number of rotatable bonds is 9. The first kappa shape index (κ1) is 23.5. The van der Waals surface area contributed by atoms with Gasteiger partial charge in [0.1, 0.15) is 0 Å². The number of aromatic nitrogens is 1. The molecule has 2 N–H and O–H groups in total. The van der Waals surface area contributed by atoms with Crippen molar-refractivity contribution in [1.82, 2.24) is 14.8 Å². The molecular weight excluding hydrogens is 439 g/mol. The van der Waals surface area contributed by atoms with Crippen molar-refractivity contribution >= 4 is 41.5 Å². The molecule has 0 aromatic carbocycles. The molecule has 0 radical (unpaired) electrons. The third kappa shape index (κ3) is 8.07. The summed E-state index contributed by atoms with van der Waals surface area (Å²) < 4.78 is 2.04. The zero-order valence-electron chi connectivity index (χ0n) is 15.3. The van der Waals surface area contributed by atoms with E-state index in [4.69, 9.17) is 16.6 Å². The smallest absolute Gasteiger partial charge is 0.194 e. The number of guanidine groups is 1. The van der Waals surface area contributed by atoms with Crippen molar-refractivity contribution in [2.24, 2.45) is 18.0 Å². The van der Waals surface area contributed by atoms with Gasteiger partial charge in [-0.3, -0.25) is 4.99 Å². The Morgan fingerprint density at radius 2 is 2.12 bits per heavy atom. The van der Waals surface area contributed by atoms with E-state index in [0.717, 1.165) is 55.6 Å². The molecule has 0 amide bonds. The van der Waals surface area contributed by atoms with Crippen LogP contribution in [0.15, 0.2) is 17.3 Å². The predicted molar refractivity (Wildman–Crippen MR) is 113 cm³/mol. The van der Waals surface area contributed by atoms with Crippen LogP contribution in [0.5, 0.6) is 0 Å². The van der Waals surface area contributed by atoms with Crippen molar-refractivity contribution in [3.05, 3.63) is 23.0 Å². The van der Waals surface area contributed by atoms with Crippen LogP contribution in [0.2, 0.25) is 5.02 Å². The Hall–Kier alpha value is -0.470. The topological polar surface area (TPSA) is 52.8 Å². The van der Waals surface area contributed by atoms with Crippen LogP contribution in [0, 0.1) is 5.92 Å². The summed E-state index contributed by atoms with van der Waals surface area (Å²) in [6.07, 6.45) is 4.94. The molecule has 0 spiro atoms. The number of aliphatic hydroxyl groups excluding tert-OH is 1. The number of hydrogen-bond acceptors (Lipinski definition) is 2. The quantitative estimate of drug-likeness (QED) is 0.330. The van der Waals surface area contributed by atoms with Gasteiger partial charge in [0.2, 0.25) is 0 Å². The molecule has 0 aliphatic heterocycles. The summed E-state index contributed by atoms with van der Waals surface area (Å²) in [4.78, 5) is 6.87. The van der Waals surface area contributed by atoms with Crippen LogP contribution in [-0.2, 0) is 13.6 Å². The lowest BCUT2D eigenvalue weighted by Crippen LogP contribution is -2.39. The summed E-state index contributed by atoms with van der Waals surface area (Å²) in [5, 5.41) is 13.3. The van der Waals surface area contributed by atoms with E-state index in [-0.39, 0.29) is 30.6 Å². The van der Waals surface area contributed by atoms with Gasteiger partial charge in [-0.25, -0.2) is 0 Å². The molecule has 0 saturated heterocycles. The SMILES string of the molecule is CCCC(CCO)CN=C(NCC)N(C)Cc1cc(Cl)cn1C.I. The second-order valence-corrected chi connectivity index (χ2v) is 6.41. The summed E-state index contributed by atoms with van der Waals surface area (Å²) in [5.41, 5.74) is 1.14. The van der Waals surface area contributed by atoms with Gasteiger partial charge in [0.05, 0.1) is 11.6 Å². The Balaban J connectivity index is 0.00000529. The lowest BCUT2D eigenvalue weighted by atomic mass is 10.0. The van der Waals surface area contributed by atoms with Crippen LogP contribution in [0.4, 0.5) is 0 Å². The lowest BCUT2D eigenvalue weighted by Gasteiger charge is -2.23. The molecule has 1 aromatic rings. The number of nitrogens with zero attached hydrogens (tertiary/aromatic N) is 3. The fourth-order valence-corrected chi connectivity index (χ4v) is 2.92. The van der Waals surface area contributed by atoms with E-state index in [1.807, 2.05) is 30.9 Å². The van der Waals surface area contributed by atoms with E-state index in [1.165, 1.54) is 0 Å². The lowest BCUT2D eigenvalue weighted by molar-refractivity contribution is 0.253. The first-order valence-electron chi connectivity index (χ1n) is 8.42. The maximum atomic E-state index is 9.18. The first-order chi connectivity index (χ1) is 11.0. The van der Waals surface area contributed by atoms with Gasteiger partial charge in [0.25, 0.3) is 0 Å². The number of hydrogen-bond donors (Lipinski definition) is 2. The van der Waals surface area contributed by atoms with Gasteiger partial charge in [-0.2, -0.15) is 0 Å². The fraction of sp³-hybridized carbons (Fsp3) is 0.706. The number of halogens is 2. The van der Waals surface area contributed by atoms with Crippen LogP contribution < -0.4 is 5.32 Å². The maximum absolute atomic E-state index is 9.18. The Labute approximate surface area is 168 Å². The largest absolute Gasteiger partial charge is 0.396 e. The minimum Gasteiger partial charge on any atom is -0.396 e. The van der Waals surface area contributed by atoms with Crippen molar-refractivity contribution in [3.63, 3.8) is 0 Å². The van der Waals surface area contributed by atoms with Gasteiger partial charge in [0, 0.05) is 45.7 Å². The second kappa shape index (κ2) is 12.8. The summed E-state index contributed by atoms with van der Waals surface area (Å²) in [5.74, 6) is 1.33. The van der Waals surface area contributed by atoms with Gasteiger partial charge in [-0.1, -0.05) is 24.9 Å². The average Bonchev–Trinajstić information content (AvgIpc) is 2.81. The van der Waals surface area contributed by atoms with E-state index >= 15 is 0 Å². The van der Waals surface area contributed by atoms with Crippen molar-refractivity contribution in [3.8, 4) is 0 Å². The van der Waals surface area contributed by atoms with Crippen LogP contribution in [0.3, 0.4) is 0 Å². The maximum Gasteiger partial charge on any atom is 0.194 e. The molecule has 0 aliphatic carbocycles.